The van der Waals surface area contributed by atoms with Gasteiger partial charge in [0.15, 0.2) is 0 Å². The average Bonchev–Trinajstić information content (AvgIpc) is 2.03. The molecule has 0 aliphatic rings. The van der Waals surface area contributed by atoms with Gasteiger partial charge in [-0.2, -0.15) is 0 Å². The first-order valence-corrected chi connectivity index (χ1v) is 5.71. The van der Waals surface area contributed by atoms with Crippen molar-refractivity contribution in [1.29, 1.82) is 0 Å². The minimum absolute atomic E-state index is 0.765. The van der Waals surface area contributed by atoms with Crippen molar-refractivity contribution in [3.63, 3.8) is 0 Å². The van der Waals surface area contributed by atoms with Gasteiger partial charge in [0.25, 0.3) is 0 Å². The molecule has 0 spiro atoms. The predicted octanol–water partition coefficient (Wildman–Crippen LogP) is 4.51. The molecule has 0 N–H and O–H groups in total. The summed E-state index contributed by atoms with van der Waals surface area (Å²) in [7, 11) is 0. The van der Waals surface area contributed by atoms with Crippen LogP contribution in [0.2, 0.25) is 5.02 Å². The summed E-state index contributed by atoms with van der Waals surface area (Å²) in [5.74, 6) is 0. The lowest BCUT2D eigenvalue weighted by Crippen LogP contribution is -1.74. The van der Waals surface area contributed by atoms with Gasteiger partial charge in [0.05, 0.1) is 0 Å². The molecule has 1 aromatic carbocycles. The Morgan fingerprint density at radius 3 is 2.75 bits per heavy atom. The highest BCUT2D eigenvalue weighted by Crippen LogP contribution is 2.22. The van der Waals surface area contributed by atoms with E-state index in [0.717, 1.165) is 20.4 Å². The number of rotatable bonds is 2. The van der Waals surface area contributed by atoms with Crippen LogP contribution in [0.1, 0.15) is 5.56 Å². The molecule has 0 saturated heterocycles. The van der Waals surface area contributed by atoms with Gasteiger partial charge in [-0.25, -0.2) is 0 Å². The number of halogens is 3. The van der Waals surface area contributed by atoms with Crippen LogP contribution in [0.15, 0.2) is 28.7 Å². The molecule has 0 aromatic heterocycles. The van der Waals surface area contributed by atoms with Crippen molar-refractivity contribution in [1.82, 2.24) is 0 Å². The zero-order valence-corrected chi connectivity index (χ0v) is 10.2. The highest BCUT2D eigenvalue weighted by Gasteiger charge is 1.95. The molecule has 0 fully saturated rings. The third-order valence-corrected chi connectivity index (χ3v) is 2.54. The number of hydrogen-bond acceptors (Lipinski definition) is 0. The van der Waals surface area contributed by atoms with E-state index in [1.807, 2.05) is 30.4 Å². The zero-order valence-electron chi connectivity index (χ0n) is 6.23. The molecule has 0 nitrogen and oxygen atoms in total. The summed E-state index contributed by atoms with van der Waals surface area (Å²) in [5.41, 5.74) is 1.04. The van der Waals surface area contributed by atoms with Crippen LogP contribution in [0.4, 0.5) is 0 Å². The Kier molecular flexibility index (Phi) is 4.33. The van der Waals surface area contributed by atoms with Crippen molar-refractivity contribution in [3.8, 4) is 0 Å². The van der Waals surface area contributed by atoms with Crippen molar-refractivity contribution < 1.29 is 0 Å². The summed E-state index contributed by atoms with van der Waals surface area (Å²) in [5, 5.41) is 1.61. The summed E-state index contributed by atoms with van der Waals surface area (Å²) < 4.78 is 1.00. The second-order valence-corrected chi connectivity index (χ2v) is 4.19. The molecule has 0 radical (unpaired) electrons. The Hall–Kier alpha value is 0.210. The van der Waals surface area contributed by atoms with Gasteiger partial charge in [0, 0.05) is 14.8 Å². The smallest absolute Gasteiger partial charge is 0.0489 e. The fourth-order valence-corrected chi connectivity index (χ4v) is 1.73. The first-order chi connectivity index (χ1) is 5.74. The number of benzene rings is 1. The number of allylic oxidation sites excluding steroid dienone is 1. The summed E-state index contributed by atoms with van der Waals surface area (Å²) in [6, 6.07) is 5.83. The largest absolute Gasteiger partial charge is 0.0883 e. The fraction of sp³-hybridized carbons (Fsp3) is 0.111. The van der Waals surface area contributed by atoms with Gasteiger partial charge >= 0.3 is 0 Å². The number of alkyl halides is 1. The molecule has 0 aliphatic carbocycles. The average molecular weight is 310 g/mol. The van der Waals surface area contributed by atoms with E-state index in [0.29, 0.717) is 0 Å². The molecule has 0 amide bonds. The molecule has 0 aliphatic heterocycles. The van der Waals surface area contributed by atoms with Crippen molar-refractivity contribution >= 4 is 49.5 Å². The topological polar surface area (TPSA) is 0 Å². The van der Waals surface area contributed by atoms with Gasteiger partial charge in [0.2, 0.25) is 0 Å². The van der Waals surface area contributed by atoms with Crippen LogP contribution in [0.25, 0.3) is 6.08 Å². The lowest BCUT2D eigenvalue weighted by Gasteiger charge is -1.97. The van der Waals surface area contributed by atoms with E-state index >= 15 is 0 Å². The molecule has 1 rings (SSSR count). The molecule has 0 bridgehead atoms. The monoisotopic (exact) mass is 308 g/mol. The molecular formula is C9H7Br2Cl. The minimum atomic E-state index is 0.765. The molecule has 64 valence electrons. The Labute approximate surface area is 93.9 Å². The zero-order chi connectivity index (χ0) is 8.97. The highest BCUT2D eigenvalue weighted by atomic mass is 79.9. The maximum absolute atomic E-state index is 5.97. The van der Waals surface area contributed by atoms with Crippen LogP contribution in [-0.4, -0.2) is 5.33 Å². The fourth-order valence-electron chi connectivity index (χ4n) is 0.808. The molecule has 1 aromatic rings. The van der Waals surface area contributed by atoms with Crippen molar-refractivity contribution in [2.75, 3.05) is 5.33 Å². The highest BCUT2D eigenvalue weighted by molar-refractivity contribution is 9.10. The Morgan fingerprint density at radius 2 is 2.17 bits per heavy atom. The predicted molar refractivity (Wildman–Crippen MR) is 62.0 cm³/mol. The van der Waals surface area contributed by atoms with Gasteiger partial charge < -0.3 is 0 Å². The third kappa shape index (κ3) is 2.92. The molecular weight excluding hydrogens is 303 g/mol. The molecule has 0 unspecified atom stereocenters. The summed E-state index contributed by atoms with van der Waals surface area (Å²) in [6.45, 7) is 0. The lowest BCUT2D eigenvalue weighted by molar-refractivity contribution is 1.60. The van der Waals surface area contributed by atoms with E-state index in [2.05, 4.69) is 31.9 Å². The minimum Gasteiger partial charge on any atom is -0.0883 e. The van der Waals surface area contributed by atoms with Gasteiger partial charge in [-0.15, -0.1) is 0 Å². The van der Waals surface area contributed by atoms with Gasteiger partial charge in [-0.1, -0.05) is 61.7 Å². The van der Waals surface area contributed by atoms with E-state index in [4.69, 9.17) is 11.6 Å². The standard InChI is InChI=1S/C9H7Br2Cl/c10-5-1-2-7-3-4-8(11)6-9(7)12/h1-4,6H,5H2. The Balaban J connectivity index is 2.94. The van der Waals surface area contributed by atoms with Crippen LogP contribution in [-0.2, 0) is 0 Å². The van der Waals surface area contributed by atoms with Crippen molar-refractivity contribution in [2.45, 2.75) is 0 Å². The third-order valence-electron chi connectivity index (χ3n) is 1.35. The maximum Gasteiger partial charge on any atom is 0.0489 e. The molecule has 3 heteroatoms. The lowest BCUT2D eigenvalue weighted by atomic mass is 10.2. The van der Waals surface area contributed by atoms with Crippen molar-refractivity contribution in [3.05, 3.63) is 39.3 Å². The molecule has 0 saturated carbocycles. The van der Waals surface area contributed by atoms with Gasteiger partial charge in [0.1, 0.15) is 0 Å². The SMILES string of the molecule is Clc1cc(Br)ccc1C=CCBr. The Morgan fingerprint density at radius 1 is 1.42 bits per heavy atom. The number of hydrogen-bond donors (Lipinski definition) is 0. The first kappa shape index (κ1) is 10.3. The van der Waals surface area contributed by atoms with Gasteiger partial charge in [-0.3, -0.25) is 0 Å². The van der Waals surface area contributed by atoms with E-state index in [-0.39, 0.29) is 0 Å². The van der Waals surface area contributed by atoms with Gasteiger partial charge in [-0.05, 0) is 17.7 Å². The first-order valence-electron chi connectivity index (χ1n) is 3.41. The van der Waals surface area contributed by atoms with E-state index in [9.17, 15) is 0 Å². The van der Waals surface area contributed by atoms with Crippen LogP contribution >= 0.6 is 43.5 Å². The maximum atomic E-state index is 5.97. The summed E-state index contributed by atoms with van der Waals surface area (Å²) in [6.07, 6.45) is 4.00. The van der Waals surface area contributed by atoms with Crippen molar-refractivity contribution in [2.24, 2.45) is 0 Å². The molecule has 0 atom stereocenters. The van der Waals surface area contributed by atoms with Crippen LogP contribution in [0.5, 0.6) is 0 Å². The quantitative estimate of drug-likeness (QED) is 0.705. The Bertz CT molecular complexity index is 295. The summed E-state index contributed by atoms with van der Waals surface area (Å²) in [4.78, 5) is 0. The van der Waals surface area contributed by atoms with Crippen LogP contribution < -0.4 is 0 Å². The van der Waals surface area contributed by atoms with E-state index in [1.165, 1.54) is 0 Å². The normalized spacial score (nSPS) is 10.9. The molecule has 0 heterocycles. The summed E-state index contributed by atoms with van der Waals surface area (Å²) >= 11 is 12.6. The van der Waals surface area contributed by atoms with Crippen LogP contribution in [0.3, 0.4) is 0 Å². The second kappa shape index (κ2) is 5.05. The van der Waals surface area contributed by atoms with Crippen LogP contribution in [0, 0.1) is 0 Å². The van der Waals surface area contributed by atoms with E-state index < -0.39 is 0 Å². The van der Waals surface area contributed by atoms with E-state index in [1.54, 1.807) is 0 Å². The molecule has 12 heavy (non-hydrogen) atoms. The second-order valence-electron chi connectivity index (χ2n) is 2.22.